The molecule has 1 unspecified atom stereocenters. The molecule has 1 heterocycles. The Morgan fingerprint density at radius 2 is 2.31 bits per heavy atom. The molecule has 2 aromatic rings. The lowest BCUT2D eigenvalue weighted by molar-refractivity contribution is 0.873. The summed E-state index contributed by atoms with van der Waals surface area (Å²) in [6, 6.07) is 5.95. The normalized spacial score (nSPS) is 12.4. The Kier molecular flexibility index (Phi) is 3.78. The molecular weight excluding hydrogens is 310 g/mol. The average Bonchev–Trinajstić information content (AvgIpc) is 2.70. The van der Waals surface area contributed by atoms with Crippen molar-refractivity contribution in [2.75, 3.05) is 5.32 Å². The molecule has 84 valence electrons. The quantitative estimate of drug-likeness (QED) is 0.924. The van der Waals surface area contributed by atoms with Gasteiger partial charge in [0.2, 0.25) is 5.13 Å². The van der Waals surface area contributed by atoms with E-state index in [0.717, 1.165) is 20.2 Å². The van der Waals surface area contributed by atoms with Crippen LogP contribution in [0.15, 0.2) is 28.2 Å². The van der Waals surface area contributed by atoms with E-state index in [1.807, 2.05) is 25.1 Å². The van der Waals surface area contributed by atoms with Crippen molar-refractivity contribution in [1.29, 1.82) is 0 Å². The van der Waals surface area contributed by atoms with Crippen LogP contribution < -0.4 is 5.32 Å². The van der Waals surface area contributed by atoms with Crippen LogP contribution in [0.2, 0.25) is 5.02 Å². The maximum Gasteiger partial charge on any atom is 0.205 e. The van der Waals surface area contributed by atoms with Gasteiger partial charge in [-0.15, -0.1) is 10.2 Å². The number of hydrogen-bond donors (Lipinski definition) is 1. The molecule has 1 aromatic heterocycles. The van der Waals surface area contributed by atoms with E-state index < -0.39 is 0 Å². The van der Waals surface area contributed by atoms with Crippen LogP contribution in [0, 0.1) is 0 Å². The number of aromatic nitrogens is 2. The smallest absolute Gasteiger partial charge is 0.205 e. The van der Waals surface area contributed by atoms with Crippen molar-refractivity contribution >= 4 is 44.0 Å². The average molecular weight is 319 g/mol. The lowest BCUT2D eigenvalue weighted by Crippen LogP contribution is -2.06. The fourth-order valence-corrected chi connectivity index (χ4v) is 2.72. The Bertz CT molecular complexity index is 475. The monoisotopic (exact) mass is 317 g/mol. The highest BCUT2D eigenvalue weighted by Crippen LogP contribution is 2.28. The molecular formula is C10H9BrClN3S. The molecule has 0 bridgehead atoms. The summed E-state index contributed by atoms with van der Waals surface area (Å²) in [5.41, 5.74) is 2.73. The van der Waals surface area contributed by atoms with Crippen LogP contribution in [0.25, 0.3) is 0 Å². The van der Waals surface area contributed by atoms with Crippen LogP contribution in [-0.2, 0) is 0 Å². The van der Waals surface area contributed by atoms with E-state index in [1.165, 1.54) is 11.3 Å². The summed E-state index contributed by atoms with van der Waals surface area (Å²) in [4.78, 5) is 0. The highest BCUT2D eigenvalue weighted by molar-refractivity contribution is 9.10. The van der Waals surface area contributed by atoms with Crippen molar-refractivity contribution in [2.24, 2.45) is 0 Å². The van der Waals surface area contributed by atoms with E-state index in [0.29, 0.717) is 0 Å². The number of rotatable bonds is 3. The van der Waals surface area contributed by atoms with Crippen LogP contribution >= 0.6 is 38.9 Å². The second-order valence-electron chi connectivity index (χ2n) is 3.28. The molecule has 0 spiro atoms. The van der Waals surface area contributed by atoms with Gasteiger partial charge in [-0.3, -0.25) is 0 Å². The van der Waals surface area contributed by atoms with Crippen LogP contribution in [-0.4, -0.2) is 10.2 Å². The van der Waals surface area contributed by atoms with Gasteiger partial charge in [0.15, 0.2) is 0 Å². The van der Waals surface area contributed by atoms with E-state index >= 15 is 0 Å². The first-order chi connectivity index (χ1) is 7.66. The van der Waals surface area contributed by atoms with Gasteiger partial charge in [-0.1, -0.05) is 44.9 Å². The highest BCUT2D eigenvalue weighted by Gasteiger charge is 2.10. The van der Waals surface area contributed by atoms with E-state index in [4.69, 9.17) is 11.6 Å². The van der Waals surface area contributed by atoms with Crippen molar-refractivity contribution in [1.82, 2.24) is 10.2 Å². The first-order valence-corrected chi connectivity index (χ1v) is 6.69. The molecule has 0 aliphatic carbocycles. The molecule has 0 fully saturated rings. The van der Waals surface area contributed by atoms with Crippen molar-refractivity contribution in [3.8, 4) is 0 Å². The summed E-state index contributed by atoms with van der Waals surface area (Å²) in [7, 11) is 0. The number of nitrogens with one attached hydrogen (secondary N) is 1. The van der Waals surface area contributed by atoms with Crippen molar-refractivity contribution < 1.29 is 0 Å². The Morgan fingerprint density at radius 1 is 1.50 bits per heavy atom. The first kappa shape index (κ1) is 11.8. The maximum atomic E-state index is 6.16. The summed E-state index contributed by atoms with van der Waals surface area (Å²) in [5.74, 6) is 0. The van der Waals surface area contributed by atoms with Gasteiger partial charge in [-0.05, 0) is 24.6 Å². The van der Waals surface area contributed by atoms with Gasteiger partial charge >= 0.3 is 0 Å². The number of hydrogen-bond acceptors (Lipinski definition) is 4. The number of nitrogens with zero attached hydrogens (tertiary/aromatic N) is 2. The molecule has 3 nitrogen and oxygen atoms in total. The van der Waals surface area contributed by atoms with Gasteiger partial charge in [0.25, 0.3) is 0 Å². The third-order valence-corrected chi connectivity index (χ3v) is 3.57. The molecule has 0 radical (unpaired) electrons. The topological polar surface area (TPSA) is 37.8 Å². The zero-order valence-corrected chi connectivity index (χ0v) is 11.6. The summed E-state index contributed by atoms with van der Waals surface area (Å²) in [5, 5.41) is 12.5. The van der Waals surface area contributed by atoms with E-state index in [9.17, 15) is 0 Å². The van der Waals surface area contributed by atoms with Gasteiger partial charge in [0, 0.05) is 9.50 Å². The minimum Gasteiger partial charge on any atom is -0.354 e. The Hall–Kier alpha value is -0.650. The fourth-order valence-electron chi connectivity index (χ4n) is 1.35. The molecule has 16 heavy (non-hydrogen) atoms. The molecule has 1 aromatic carbocycles. The summed E-state index contributed by atoms with van der Waals surface area (Å²) < 4.78 is 0.976. The molecule has 1 atom stereocenters. The predicted octanol–water partition coefficient (Wildman–Crippen LogP) is 4.13. The Balaban J connectivity index is 2.17. The Labute approximate surface area is 111 Å². The molecule has 0 saturated carbocycles. The Morgan fingerprint density at radius 3 is 2.94 bits per heavy atom. The van der Waals surface area contributed by atoms with Crippen molar-refractivity contribution in [3.63, 3.8) is 0 Å². The van der Waals surface area contributed by atoms with E-state index in [1.54, 1.807) is 5.51 Å². The largest absolute Gasteiger partial charge is 0.354 e. The molecule has 1 N–H and O–H groups in total. The van der Waals surface area contributed by atoms with Crippen LogP contribution in [0.3, 0.4) is 0 Å². The summed E-state index contributed by atoms with van der Waals surface area (Å²) in [6.07, 6.45) is 0. The first-order valence-electron chi connectivity index (χ1n) is 4.64. The third-order valence-electron chi connectivity index (χ3n) is 2.13. The van der Waals surface area contributed by atoms with Crippen LogP contribution in [0.4, 0.5) is 5.13 Å². The maximum absolute atomic E-state index is 6.16. The van der Waals surface area contributed by atoms with E-state index in [2.05, 4.69) is 31.4 Å². The minimum absolute atomic E-state index is 0.105. The fraction of sp³-hybridized carbons (Fsp3) is 0.200. The minimum atomic E-state index is 0.105. The number of benzene rings is 1. The summed E-state index contributed by atoms with van der Waals surface area (Å²) in [6.45, 7) is 2.04. The number of halogens is 2. The van der Waals surface area contributed by atoms with Crippen LogP contribution in [0.5, 0.6) is 0 Å². The lowest BCUT2D eigenvalue weighted by atomic mass is 10.1. The molecule has 0 aliphatic heterocycles. The second kappa shape index (κ2) is 5.12. The molecule has 0 saturated heterocycles. The standard InChI is InChI=1S/C10H9BrClN3S/c1-6(14-10-15-13-5-16-10)8-3-2-7(11)4-9(8)12/h2-6H,1H3,(H,14,15). The number of anilines is 1. The SMILES string of the molecule is CC(Nc1nncs1)c1ccc(Br)cc1Cl. The van der Waals surface area contributed by atoms with Crippen LogP contribution in [0.1, 0.15) is 18.5 Å². The van der Waals surface area contributed by atoms with Gasteiger partial charge in [-0.2, -0.15) is 0 Å². The molecule has 6 heteroatoms. The molecule has 2 rings (SSSR count). The predicted molar refractivity (Wildman–Crippen MR) is 71.1 cm³/mol. The zero-order chi connectivity index (χ0) is 11.5. The summed E-state index contributed by atoms with van der Waals surface area (Å²) >= 11 is 11.0. The van der Waals surface area contributed by atoms with Gasteiger partial charge in [-0.25, -0.2) is 0 Å². The highest BCUT2D eigenvalue weighted by atomic mass is 79.9. The van der Waals surface area contributed by atoms with E-state index in [-0.39, 0.29) is 6.04 Å². The van der Waals surface area contributed by atoms with Crippen molar-refractivity contribution in [3.05, 3.63) is 38.8 Å². The lowest BCUT2D eigenvalue weighted by Gasteiger charge is -2.14. The second-order valence-corrected chi connectivity index (χ2v) is 5.43. The van der Waals surface area contributed by atoms with Gasteiger partial charge in [0.05, 0.1) is 6.04 Å². The van der Waals surface area contributed by atoms with Gasteiger partial charge in [0.1, 0.15) is 5.51 Å². The van der Waals surface area contributed by atoms with Crippen molar-refractivity contribution in [2.45, 2.75) is 13.0 Å². The third kappa shape index (κ3) is 2.72. The molecule has 0 aliphatic rings. The molecule has 0 amide bonds. The van der Waals surface area contributed by atoms with Gasteiger partial charge < -0.3 is 5.32 Å². The zero-order valence-electron chi connectivity index (χ0n) is 8.45.